The van der Waals surface area contributed by atoms with Crippen LogP contribution in [0.1, 0.15) is 30.9 Å². The molecule has 0 aliphatic carbocycles. The van der Waals surface area contributed by atoms with E-state index in [1.807, 2.05) is 13.8 Å². The van der Waals surface area contributed by atoms with Gasteiger partial charge in [-0.25, -0.2) is 0 Å². The van der Waals surface area contributed by atoms with Crippen LogP contribution in [-0.4, -0.2) is 22.2 Å². The molecule has 1 N–H and O–H groups in total. The molecule has 4 nitrogen and oxygen atoms in total. The average Bonchev–Trinajstić information content (AvgIpc) is 2.62. The molecule has 0 aromatic carbocycles. The SMILES string of the molecule is CC(C)CNC(=O)c1ccnn1C(F)F. The number of nitrogens with zero attached hydrogens (tertiary/aromatic N) is 2. The Hall–Kier alpha value is -1.46. The largest absolute Gasteiger partial charge is 0.350 e. The van der Waals surface area contributed by atoms with Gasteiger partial charge in [-0.1, -0.05) is 13.8 Å². The van der Waals surface area contributed by atoms with E-state index in [0.717, 1.165) is 0 Å². The van der Waals surface area contributed by atoms with Crippen molar-refractivity contribution < 1.29 is 13.6 Å². The molecule has 0 atom stereocenters. The minimum atomic E-state index is -2.79. The lowest BCUT2D eigenvalue weighted by molar-refractivity contribution is 0.0509. The maximum absolute atomic E-state index is 12.3. The molecule has 1 aromatic heterocycles. The van der Waals surface area contributed by atoms with Crippen LogP contribution >= 0.6 is 0 Å². The highest BCUT2D eigenvalue weighted by molar-refractivity contribution is 5.92. The van der Waals surface area contributed by atoms with Crippen molar-refractivity contribution >= 4 is 5.91 Å². The third-order valence-corrected chi connectivity index (χ3v) is 1.76. The molecular weight excluding hydrogens is 204 g/mol. The molecule has 0 spiro atoms. The van der Waals surface area contributed by atoms with Crippen molar-refractivity contribution in [3.05, 3.63) is 18.0 Å². The summed E-state index contributed by atoms with van der Waals surface area (Å²) >= 11 is 0. The van der Waals surface area contributed by atoms with Crippen molar-refractivity contribution in [2.24, 2.45) is 5.92 Å². The second-order valence-corrected chi connectivity index (χ2v) is 3.54. The third kappa shape index (κ3) is 3.00. The van der Waals surface area contributed by atoms with Gasteiger partial charge in [-0.2, -0.15) is 18.6 Å². The van der Waals surface area contributed by atoms with Crippen LogP contribution in [0.5, 0.6) is 0 Å². The monoisotopic (exact) mass is 217 g/mol. The van der Waals surface area contributed by atoms with Gasteiger partial charge in [0, 0.05) is 12.7 Å². The molecule has 0 aliphatic rings. The summed E-state index contributed by atoms with van der Waals surface area (Å²) in [6, 6.07) is 1.27. The van der Waals surface area contributed by atoms with E-state index in [1.165, 1.54) is 12.3 Å². The highest BCUT2D eigenvalue weighted by Gasteiger charge is 2.17. The molecule has 0 fully saturated rings. The zero-order valence-electron chi connectivity index (χ0n) is 8.58. The van der Waals surface area contributed by atoms with Crippen LogP contribution in [0.4, 0.5) is 8.78 Å². The molecule has 1 amide bonds. The molecule has 0 aliphatic heterocycles. The van der Waals surface area contributed by atoms with Crippen molar-refractivity contribution in [2.75, 3.05) is 6.54 Å². The zero-order chi connectivity index (χ0) is 11.4. The molecule has 0 radical (unpaired) electrons. The van der Waals surface area contributed by atoms with E-state index in [2.05, 4.69) is 10.4 Å². The zero-order valence-corrected chi connectivity index (χ0v) is 8.58. The number of alkyl halides is 2. The summed E-state index contributed by atoms with van der Waals surface area (Å²) in [4.78, 5) is 11.4. The van der Waals surface area contributed by atoms with Crippen LogP contribution in [0.25, 0.3) is 0 Å². The van der Waals surface area contributed by atoms with Crippen LogP contribution in [0.15, 0.2) is 12.3 Å². The smallest absolute Gasteiger partial charge is 0.333 e. The predicted molar refractivity (Wildman–Crippen MR) is 50.7 cm³/mol. The molecule has 15 heavy (non-hydrogen) atoms. The lowest BCUT2D eigenvalue weighted by Gasteiger charge is -2.08. The minimum absolute atomic E-state index is 0.120. The molecule has 6 heteroatoms. The Kier molecular flexibility index (Phi) is 3.76. The number of aromatic nitrogens is 2. The number of carbonyl (C=O) groups excluding carboxylic acids is 1. The molecule has 0 unspecified atom stereocenters. The third-order valence-electron chi connectivity index (χ3n) is 1.76. The van der Waals surface area contributed by atoms with Gasteiger partial charge in [0.2, 0.25) is 0 Å². The summed E-state index contributed by atoms with van der Waals surface area (Å²) in [6.45, 7) is 1.50. The first kappa shape index (κ1) is 11.6. The van der Waals surface area contributed by atoms with E-state index in [0.29, 0.717) is 11.2 Å². The van der Waals surface area contributed by atoms with Crippen LogP contribution in [0, 0.1) is 5.92 Å². The number of amides is 1. The van der Waals surface area contributed by atoms with Crippen LogP contribution < -0.4 is 5.32 Å². The highest BCUT2D eigenvalue weighted by atomic mass is 19.3. The Morgan fingerprint density at radius 2 is 2.27 bits per heavy atom. The van der Waals surface area contributed by atoms with E-state index in [4.69, 9.17) is 0 Å². The van der Waals surface area contributed by atoms with Crippen molar-refractivity contribution in [2.45, 2.75) is 20.4 Å². The lowest BCUT2D eigenvalue weighted by Crippen LogP contribution is -2.29. The fraction of sp³-hybridized carbons (Fsp3) is 0.556. The maximum atomic E-state index is 12.3. The Labute approximate surface area is 86.3 Å². The fourth-order valence-electron chi connectivity index (χ4n) is 1.04. The first-order chi connectivity index (χ1) is 7.02. The topological polar surface area (TPSA) is 46.9 Å². The number of halogens is 2. The second kappa shape index (κ2) is 4.86. The Balaban J connectivity index is 2.69. The van der Waals surface area contributed by atoms with E-state index in [9.17, 15) is 13.6 Å². The summed E-state index contributed by atoms with van der Waals surface area (Å²) in [5, 5.41) is 5.92. The average molecular weight is 217 g/mol. The summed E-state index contributed by atoms with van der Waals surface area (Å²) in [5.74, 6) is -0.252. The van der Waals surface area contributed by atoms with Gasteiger partial charge in [0.1, 0.15) is 5.69 Å². The number of nitrogens with one attached hydrogen (secondary N) is 1. The quantitative estimate of drug-likeness (QED) is 0.833. The Morgan fingerprint density at radius 3 is 2.80 bits per heavy atom. The summed E-state index contributed by atoms with van der Waals surface area (Å²) in [6.07, 6.45) is 1.18. The molecule has 84 valence electrons. The van der Waals surface area contributed by atoms with Gasteiger partial charge in [0.05, 0.1) is 0 Å². The van der Waals surface area contributed by atoms with E-state index in [1.54, 1.807) is 0 Å². The molecule has 0 saturated carbocycles. The summed E-state index contributed by atoms with van der Waals surface area (Å²) in [7, 11) is 0. The summed E-state index contributed by atoms with van der Waals surface area (Å²) < 4.78 is 25.1. The summed E-state index contributed by atoms with van der Waals surface area (Å²) in [5.41, 5.74) is -0.120. The number of carbonyl (C=O) groups is 1. The Morgan fingerprint density at radius 1 is 1.60 bits per heavy atom. The van der Waals surface area contributed by atoms with Crippen LogP contribution in [0.3, 0.4) is 0 Å². The lowest BCUT2D eigenvalue weighted by atomic mass is 10.2. The molecule has 0 saturated heterocycles. The van der Waals surface area contributed by atoms with Crippen molar-refractivity contribution in [1.82, 2.24) is 15.1 Å². The number of hydrogen-bond donors (Lipinski definition) is 1. The van der Waals surface area contributed by atoms with Gasteiger partial charge in [0.15, 0.2) is 0 Å². The van der Waals surface area contributed by atoms with E-state index in [-0.39, 0.29) is 11.6 Å². The standard InChI is InChI=1S/C9H13F2N3O/c1-6(2)5-12-8(15)7-3-4-13-14(7)9(10)11/h3-4,6,9H,5H2,1-2H3,(H,12,15). The highest BCUT2D eigenvalue weighted by Crippen LogP contribution is 2.11. The van der Waals surface area contributed by atoms with Gasteiger partial charge in [-0.3, -0.25) is 4.79 Å². The molecule has 0 bridgehead atoms. The molecule has 1 rings (SSSR count). The van der Waals surface area contributed by atoms with Gasteiger partial charge in [0.25, 0.3) is 5.91 Å². The van der Waals surface area contributed by atoms with Crippen molar-refractivity contribution in [3.63, 3.8) is 0 Å². The van der Waals surface area contributed by atoms with Crippen molar-refractivity contribution in [1.29, 1.82) is 0 Å². The van der Waals surface area contributed by atoms with E-state index >= 15 is 0 Å². The van der Waals surface area contributed by atoms with E-state index < -0.39 is 12.5 Å². The minimum Gasteiger partial charge on any atom is -0.350 e. The van der Waals surface area contributed by atoms with Crippen LogP contribution in [-0.2, 0) is 0 Å². The van der Waals surface area contributed by atoms with Gasteiger partial charge in [-0.05, 0) is 12.0 Å². The Bertz CT molecular complexity index is 336. The van der Waals surface area contributed by atoms with Crippen molar-refractivity contribution in [3.8, 4) is 0 Å². The molecule has 1 aromatic rings. The number of hydrogen-bond acceptors (Lipinski definition) is 2. The number of rotatable bonds is 4. The molecule has 1 heterocycles. The molecular formula is C9H13F2N3O. The normalized spacial score (nSPS) is 11.1. The van der Waals surface area contributed by atoms with Gasteiger partial charge < -0.3 is 5.32 Å². The van der Waals surface area contributed by atoms with Gasteiger partial charge in [-0.15, -0.1) is 0 Å². The maximum Gasteiger partial charge on any atom is 0.333 e. The van der Waals surface area contributed by atoms with Crippen LogP contribution in [0.2, 0.25) is 0 Å². The first-order valence-electron chi connectivity index (χ1n) is 4.62. The fourth-order valence-corrected chi connectivity index (χ4v) is 1.04. The first-order valence-corrected chi connectivity index (χ1v) is 4.62. The second-order valence-electron chi connectivity index (χ2n) is 3.54. The van der Waals surface area contributed by atoms with Gasteiger partial charge >= 0.3 is 6.55 Å². The predicted octanol–water partition coefficient (Wildman–Crippen LogP) is 1.66.